The zero-order valence-electron chi connectivity index (χ0n) is 12.1. The van der Waals surface area contributed by atoms with E-state index in [1.54, 1.807) is 16.7 Å². The maximum Gasteiger partial charge on any atom is 0.329 e. The molecule has 0 radical (unpaired) electrons. The highest BCUT2D eigenvalue weighted by molar-refractivity contribution is 7.99. The van der Waals surface area contributed by atoms with Crippen LogP contribution in [0.3, 0.4) is 0 Å². The summed E-state index contributed by atoms with van der Waals surface area (Å²) in [5.41, 5.74) is 0. The number of carboxylic acid groups (broad SMARTS) is 1. The Kier molecular flexibility index (Phi) is 7.76. The molecule has 1 atom stereocenters. The summed E-state index contributed by atoms with van der Waals surface area (Å²) in [7, 11) is 0. The molecule has 1 fully saturated rings. The molecule has 0 bridgehead atoms. The van der Waals surface area contributed by atoms with Crippen LogP contribution in [-0.4, -0.2) is 65.9 Å². The van der Waals surface area contributed by atoms with Gasteiger partial charge in [-0.15, -0.1) is 0 Å². The van der Waals surface area contributed by atoms with Crippen LogP contribution >= 0.6 is 11.8 Å². The van der Waals surface area contributed by atoms with Gasteiger partial charge in [-0.05, 0) is 25.5 Å². The fourth-order valence-electron chi connectivity index (χ4n) is 2.03. The molecule has 1 aliphatic rings. The van der Waals surface area contributed by atoms with Gasteiger partial charge in [0, 0.05) is 24.9 Å². The van der Waals surface area contributed by atoms with E-state index < -0.39 is 5.97 Å². The molecule has 1 aliphatic heterocycles. The molecular weight excluding hydrogens is 280 g/mol. The molecule has 0 aromatic carbocycles. The van der Waals surface area contributed by atoms with Gasteiger partial charge in [0.25, 0.3) is 0 Å². The smallest absolute Gasteiger partial charge is 0.329 e. The zero-order chi connectivity index (χ0) is 15.0. The Morgan fingerprint density at radius 1 is 1.45 bits per heavy atom. The first kappa shape index (κ1) is 17.1. The lowest BCUT2D eigenvalue weighted by atomic mass is 10.1. The topological polar surface area (TPSA) is 78.9 Å². The van der Waals surface area contributed by atoms with E-state index in [1.165, 1.54) is 0 Å². The van der Waals surface area contributed by atoms with Crippen molar-refractivity contribution in [2.75, 3.05) is 32.5 Å². The van der Waals surface area contributed by atoms with Crippen LogP contribution in [0, 0.1) is 0 Å². The second-order valence-electron chi connectivity index (χ2n) is 4.96. The second-order valence-corrected chi connectivity index (χ2v) is 6.23. The number of piperidine rings is 1. The van der Waals surface area contributed by atoms with Crippen LogP contribution < -0.4 is 5.32 Å². The van der Waals surface area contributed by atoms with Gasteiger partial charge in [0.05, 0.1) is 6.10 Å². The molecule has 1 rings (SSSR count). The third-order valence-electron chi connectivity index (χ3n) is 3.40. The number of thioether (sulfide) groups is 1. The van der Waals surface area contributed by atoms with Crippen molar-refractivity contribution >= 4 is 23.8 Å². The minimum atomic E-state index is -0.951. The van der Waals surface area contributed by atoms with Gasteiger partial charge in [0.1, 0.15) is 6.61 Å². The number of nitrogens with one attached hydrogen (secondary N) is 1. The second kappa shape index (κ2) is 9.07. The minimum Gasteiger partial charge on any atom is -0.480 e. The van der Waals surface area contributed by atoms with E-state index in [1.807, 2.05) is 0 Å². The van der Waals surface area contributed by atoms with Crippen LogP contribution in [0.2, 0.25) is 0 Å². The van der Waals surface area contributed by atoms with Crippen LogP contribution in [0.1, 0.15) is 26.2 Å². The average molecular weight is 304 g/mol. The van der Waals surface area contributed by atoms with Crippen LogP contribution in [0.15, 0.2) is 0 Å². The molecular formula is C13H24N2O4S. The van der Waals surface area contributed by atoms with Crippen molar-refractivity contribution < 1.29 is 19.4 Å². The van der Waals surface area contributed by atoms with E-state index in [2.05, 4.69) is 18.5 Å². The van der Waals surface area contributed by atoms with Crippen LogP contribution in [-0.2, 0) is 9.53 Å². The summed E-state index contributed by atoms with van der Waals surface area (Å²) in [6, 6.07) is -0.0324. The van der Waals surface area contributed by atoms with Crippen molar-refractivity contribution in [3.8, 4) is 0 Å². The first-order valence-electron chi connectivity index (χ1n) is 6.92. The summed E-state index contributed by atoms with van der Waals surface area (Å²) in [5, 5.41) is 12.0. The van der Waals surface area contributed by atoms with Crippen molar-refractivity contribution in [2.45, 2.75) is 37.5 Å². The quantitative estimate of drug-likeness (QED) is 0.743. The van der Waals surface area contributed by atoms with Gasteiger partial charge in [0.2, 0.25) is 0 Å². The van der Waals surface area contributed by atoms with Gasteiger partial charge in [0.15, 0.2) is 0 Å². The van der Waals surface area contributed by atoms with E-state index in [0.717, 1.165) is 6.42 Å². The number of carboxylic acids is 1. The molecule has 116 valence electrons. The number of ether oxygens (including phenoxy) is 1. The lowest BCUT2D eigenvalue weighted by molar-refractivity contribution is -0.145. The first-order chi connectivity index (χ1) is 9.52. The van der Waals surface area contributed by atoms with E-state index in [9.17, 15) is 9.59 Å². The lowest BCUT2D eigenvalue weighted by Crippen LogP contribution is -2.46. The summed E-state index contributed by atoms with van der Waals surface area (Å²) in [5.74, 6) is -0.951. The standard InChI is InChI=1S/C13H24N2O4S/c1-10(20-2)3-6-14-13(18)15-7-4-11(5-8-15)19-9-12(16)17/h10-11H,3-9H2,1-2H3,(H,14,18)(H,16,17). The molecule has 0 aliphatic carbocycles. The number of carbonyl (C=O) groups excluding carboxylic acids is 1. The van der Waals surface area contributed by atoms with Gasteiger partial charge in [-0.25, -0.2) is 9.59 Å². The van der Waals surface area contributed by atoms with Crippen molar-refractivity contribution in [3.63, 3.8) is 0 Å². The molecule has 6 nitrogen and oxygen atoms in total. The molecule has 0 saturated carbocycles. The maximum absolute atomic E-state index is 11.9. The fraction of sp³-hybridized carbons (Fsp3) is 0.846. The van der Waals surface area contributed by atoms with Gasteiger partial charge in [-0.2, -0.15) is 11.8 Å². The van der Waals surface area contributed by atoms with Gasteiger partial charge >= 0.3 is 12.0 Å². The summed E-state index contributed by atoms with van der Waals surface area (Å²) < 4.78 is 5.24. The Bertz CT molecular complexity index is 319. The van der Waals surface area contributed by atoms with Gasteiger partial charge in [-0.1, -0.05) is 6.92 Å². The van der Waals surface area contributed by atoms with E-state index in [4.69, 9.17) is 9.84 Å². The van der Waals surface area contributed by atoms with Gasteiger partial charge < -0.3 is 20.1 Å². The lowest BCUT2D eigenvalue weighted by Gasteiger charge is -2.31. The molecule has 1 unspecified atom stereocenters. The third-order valence-corrected chi connectivity index (χ3v) is 4.44. The number of amides is 2. The SMILES string of the molecule is CSC(C)CCNC(=O)N1CCC(OCC(=O)O)CC1. The predicted molar refractivity (Wildman–Crippen MR) is 79.2 cm³/mol. The molecule has 2 N–H and O–H groups in total. The Hall–Kier alpha value is -0.950. The zero-order valence-corrected chi connectivity index (χ0v) is 12.9. The van der Waals surface area contributed by atoms with Crippen molar-refractivity contribution in [3.05, 3.63) is 0 Å². The summed E-state index contributed by atoms with van der Waals surface area (Å²) in [6.45, 7) is 3.81. The predicted octanol–water partition coefficient (Wildman–Crippen LogP) is 1.40. The Labute approximate surface area is 124 Å². The molecule has 2 amide bonds. The van der Waals surface area contributed by atoms with E-state index >= 15 is 0 Å². The van der Waals surface area contributed by atoms with Crippen LogP contribution in [0.25, 0.3) is 0 Å². The number of urea groups is 1. The van der Waals surface area contributed by atoms with E-state index in [0.29, 0.717) is 37.7 Å². The monoisotopic (exact) mass is 304 g/mol. The fourth-order valence-corrected chi connectivity index (χ4v) is 2.38. The van der Waals surface area contributed by atoms with Crippen molar-refractivity contribution in [1.82, 2.24) is 10.2 Å². The Balaban J connectivity index is 2.17. The van der Waals surface area contributed by atoms with Crippen LogP contribution in [0.5, 0.6) is 0 Å². The normalized spacial score (nSPS) is 17.8. The van der Waals surface area contributed by atoms with Gasteiger partial charge in [-0.3, -0.25) is 0 Å². The molecule has 0 spiro atoms. The number of hydrogen-bond acceptors (Lipinski definition) is 4. The molecule has 7 heteroatoms. The van der Waals surface area contributed by atoms with Crippen molar-refractivity contribution in [1.29, 1.82) is 0 Å². The minimum absolute atomic E-state index is 0.0324. The number of likely N-dealkylation sites (tertiary alicyclic amines) is 1. The Morgan fingerprint density at radius 2 is 2.10 bits per heavy atom. The molecule has 1 saturated heterocycles. The number of hydrogen-bond donors (Lipinski definition) is 2. The Morgan fingerprint density at radius 3 is 2.65 bits per heavy atom. The summed E-state index contributed by atoms with van der Waals surface area (Å²) in [6.07, 6.45) is 4.37. The molecule has 1 heterocycles. The molecule has 20 heavy (non-hydrogen) atoms. The van der Waals surface area contributed by atoms with Crippen LogP contribution in [0.4, 0.5) is 4.79 Å². The van der Waals surface area contributed by atoms with E-state index in [-0.39, 0.29) is 18.7 Å². The highest BCUT2D eigenvalue weighted by Gasteiger charge is 2.23. The number of rotatable bonds is 7. The summed E-state index contributed by atoms with van der Waals surface area (Å²) in [4.78, 5) is 24.1. The molecule has 0 aromatic rings. The maximum atomic E-state index is 11.9. The highest BCUT2D eigenvalue weighted by Crippen LogP contribution is 2.14. The number of nitrogens with zero attached hydrogens (tertiary/aromatic N) is 1. The first-order valence-corrected chi connectivity index (χ1v) is 8.20. The highest BCUT2D eigenvalue weighted by atomic mass is 32.2. The van der Waals surface area contributed by atoms with Crippen molar-refractivity contribution in [2.24, 2.45) is 0 Å². The number of carbonyl (C=O) groups is 2. The molecule has 0 aromatic heterocycles. The largest absolute Gasteiger partial charge is 0.480 e. The summed E-state index contributed by atoms with van der Waals surface area (Å²) >= 11 is 1.79. The average Bonchev–Trinajstić information content (AvgIpc) is 2.45. The number of aliphatic carboxylic acids is 1. The third kappa shape index (κ3) is 6.47.